The molecule has 0 bridgehead atoms. The van der Waals surface area contributed by atoms with Crippen LogP contribution in [0.1, 0.15) is 57.2 Å². The quantitative estimate of drug-likeness (QED) is 0.499. The first-order valence-electron chi connectivity index (χ1n) is 8.59. The van der Waals surface area contributed by atoms with E-state index in [-0.39, 0.29) is 0 Å². The summed E-state index contributed by atoms with van der Waals surface area (Å²) in [6.45, 7) is 3.61. The van der Waals surface area contributed by atoms with Crippen molar-refractivity contribution < 1.29 is 0 Å². The number of hydrogen-bond donors (Lipinski definition) is 2. The predicted molar refractivity (Wildman–Crippen MR) is 89.8 cm³/mol. The first-order valence-corrected chi connectivity index (χ1v) is 8.59. The summed E-state index contributed by atoms with van der Waals surface area (Å²) in [7, 11) is 0. The van der Waals surface area contributed by atoms with Crippen molar-refractivity contribution in [3.8, 4) is 0 Å². The zero-order valence-corrected chi connectivity index (χ0v) is 13.5. The third kappa shape index (κ3) is 3.90. The van der Waals surface area contributed by atoms with Crippen molar-refractivity contribution in [3.63, 3.8) is 0 Å². The van der Waals surface area contributed by atoms with Crippen LogP contribution in [0.25, 0.3) is 0 Å². The molecule has 1 aromatic rings. The molecule has 0 radical (unpaired) electrons. The molecular formula is C17H27N5. The van der Waals surface area contributed by atoms with Crippen LogP contribution in [0.2, 0.25) is 0 Å². The molecule has 0 aliphatic heterocycles. The van der Waals surface area contributed by atoms with E-state index in [9.17, 15) is 0 Å². The minimum Gasteiger partial charge on any atom is -0.357 e. The van der Waals surface area contributed by atoms with Crippen molar-refractivity contribution in [3.05, 3.63) is 30.1 Å². The number of aliphatic imine (C=N–C) groups is 1. The Morgan fingerprint density at radius 1 is 1.32 bits per heavy atom. The molecule has 2 aliphatic carbocycles. The molecule has 0 unspecified atom stereocenters. The number of nitrogens with zero attached hydrogens (tertiary/aromatic N) is 3. The van der Waals surface area contributed by atoms with Crippen LogP contribution in [0.15, 0.2) is 29.4 Å². The summed E-state index contributed by atoms with van der Waals surface area (Å²) in [6.07, 6.45) is 13.9. The maximum absolute atomic E-state index is 4.70. The number of aromatic nitrogens is 2. The topological polar surface area (TPSA) is 54.2 Å². The van der Waals surface area contributed by atoms with Crippen LogP contribution in [0.3, 0.4) is 0 Å². The Bertz CT molecular complexity index is 517. The molecule has 2 N–H and O–H groups in total. The zero-order valence-electron chi connectivity index (χ0n) is 13.5. The molecule has 0 amide bonds. The van der Waals surface area contributed by atoms with E-state index < -0.39 is 0 Å². The molecule has 0 spiro atoms. The monoisotopic (exact) mass is 301 g/mol. The van der Waals surface area contributed by atoms with Gasteiger partial charge < -0.3 is 10.6 Å². The fourth-order valence-corrected chi connectivity index (χ4v) is 3.24. The highest BCUT2D eigenvalue weighted by Crippen LogP contribution is 2.28. The van der Waals surface area contributed by atoms with Gasteiger partial charge in [-0.25, -0.2) is 4.99 Å². The van der Waals surface area contributed by atoms with Crippen molar-refractivity contribution in [2.45, 2.75) is 64.1 Å². The number of rotatable bonds is 5. The predicted octanol–water partition coefficient (Wildman–Crippen LogP) is 2.77. The average Bonchev–Trinajstić information content (AvgIpc) is 3.26. The Morgan fingerprint density at radius 3 is 2.82 bits per heavy atom. The Balaban J connectivity index is 1.57. The Hall–Kier alpha value is -1.78. The SMILES string of the molecule is CCNC(=NCc1ccn(C2CCCC2)n1)NC1CC=CC1. The minimum absolute atomic E-state index is 0.480. The maximum atomic E-state index is 4.70. The van der Waals surface area contributed by atoms with Crippen LogP contribution in [0.4, 0.5) is 0 Å². The molecule has 1 saturated carbocycles. The van der Waals surface area contributed by atoms with Crippen molar-refractivity contribution in [1.29, 1.82) is 0 Å². The molecule has 120 valence electrons. The second-order valence-corrected chi connectivity index (χ2v) is 6.20. The summed E-state index contributed by atoms with van der Waals surface area (Å²) in [5, 5.41) is 11.5. The van der Waals surface area contributed by atoms with Gasteiger partial charge in [0, 0.05) is 18.8 Å². The Kier molecular flexibility index (Phi) is 5.14. The molecule has 2 aliphatic rings. The normalized spacial score (nSPS) is 20.0. The van der Waals surface area contributed by atoms with Gasteiger partial charge in [0.05, 0.1) is 18.3 Å². The minimum atomic E-state index is 0.480. The second kappa shape index (κ2) is 7.47. The van der Waals surface area contributed by atoms with Crippen LogP contribution in [0.5, 0.6) is 0 Å². The van der Waals surface area contributed by atoms with Gasteiger partial charge in [0.25, 0.3) is 0 Å². The molecule has 3 rings (SSSR count). The van der Waals surface area contributed by atoms with Crippen LogP contribution >= 0.6 is 0 Å². The lowest BCUT2D eigenvalue weighted by Gasteiger charge is -2.16. The summed E-state index contributed by atoms with van der Waals surface area (Å²) in [4.78, 5) is 4.68. The van der Waals surface area contributed by atoms with E-state index >= 15 is 0 Å². The van der Waals surface area contributed by atoms with Gasteiger partial charge in [-0.3, -0.25) is 4.68 Å². The molecule has 0 atom stereocenters. The van der Waals surface area contributed by atoms with Crippen molar-refractivity contribution in [1.82, 2.24) is 20.4 Å². The van der Waals surface area contributed by atoms with Gasteiger partial charge in [-0.2, -0.15) is 5.10 Å². The number of hydrogen-bond acceptors (Lipinski definition) is 2. The summed E-state index contributed by atoms with van der Waals surface area (Å²) in [5.41, 5.74) is 1.05. The van der Waals surface area contributed by atoms with Gasteiger partial charge in [-0.05, 0) is 38.7 Å². The highest BCUT2D eigenvalue weighted by Gasteiger charge is 2.17. The van der Waals surface area contributed by atoms with Crippen LogP contribution in [0, 0.1) is 0 Å². The van der Waals surface area contributed by atoms with E-state index in [1.807, 2.05) is 0 Å². The second-order valence-electron chi connectivity index (χ2n) is 6.20. The van der Waals surface area contributed by atoms with E-state index in [2.05, 4.69) is 51.6 Å². The highest BCUT2D eigenvalue weighted by molar-refractivity contribution is 5.80. The van der Waals surface area contributed by atoms with Gasteiger partial charge in [-0.15, -0.1) is 0 Å². The molecule has 0 aromatic carbocycles. The fourth-order valence-electron chi connectivity index (χ4n) is 3.24. The molecule has 1 fully saturated rings. The van der Waals surface area contributed by atoms with Crippen molar-refractivity contribution >= 4 is 5.96 Å². The van der Waals surface area contributed by atoms with Crippen LogP contribution in [-0.2, 0) is 6.54 Å². The largest absolute Gasteiger partial charge is 0.357 e. The zero-order chi connectivity index (χ0) is 15.2. The van der Waals surface area contributed by atoms with Gasteiger partial charge in [-0.1, -0.05) is 25.0 Å². The lowest BCUT2D eigenvalue weighted by molar-refractivity contribution is 0.463. The summed E-state index contributed by atoms with van der Waals surface area (Å²) >= 11 is 0. The van der Waals surface area contributed by atoms with E-state index in [1.165, 1.54) is 25.7 Å². The van der Waals surface area contributed by atoms with Crippen LogP contribution in [-0.4, -0.2) is 28.3 Å². The molecule has 22 heavy (non-hydrogen) atoms. The molecule has 1 aromatic heterocycles. The smallest absolute Gasteiger partial charge is 0.191 e. The van der Waals surface area contributed by atoms with Gasteiger partial charge in [0.2, 0.25) is 0 Å². The number of nitrogens with one attached hydrogen (secondary N) is 2. The highest BCUT2D eigenvalue weighted by atomic mass is 15.3. The lowest BCUT2D eigenvalue weighted by Crippen LogP contribution is -2.42. The first kappa shape index (κ1) is 15.1. The number of guanidine groups is 1. The molecule has 1 heterocycles. The van der Waals surface area contributed by atoms with E-state index in [0.29, 0.717) is 18.6 Å². The molecule has 5 nitrogen and oxygen atoms in total. The third-order valence-electron chi connectivity index (χ3n) is 4.45. The van der Waals surface area contributed by atoms with Crippen molar-refractivity contribution in [2.24, 2.45) is 4.99 Å². The summed E-state index contributed by atoms with van der Waals surface area (Å²) in [5.74, 6) is 0.895. The lowest BCUT2D eigenvalue weighted by atomic mass is 10.2. The molecule has 5 heteroatoms. The van der Waals surface area contributed by atoms with Gasteiger partial charge >= 0.3 is 0 Å². The van der Waals surface area contributed by atoms with E-state index in [4.69, 9.17) is 5.10 Å². The standard InChI is InChI=1S/C17H27N5/c1-2-18-17(20-14-7-3-4-8-14)19-13-15-11-12-22(21-15)16-9-5-6-10-16/h3-4,11-12,14,16H,2,5-10,13H2,1H3,(H2,18,19,20). The average molecular weight is 301 g/mol. The molecular weight excluding hydrogens is 274 g/mol. The maximum Gasteiger partial charge on any atom is 0.191 e. The Morgan fingerprint density at radius 2 is 2.09 bits per heavy atom. The van der Waals surface area contributed by atoms with E-state index in [1.54, 1.807) is 0 Å². The fraction of sp³-hybridized carbons (Fsp3) is 0.647. The summed E-state index contributed by atoms with van der Waals surface area (Å²) < 4.78 is 2.14. The molecule has 0 saturated heterocycles. The van der Waals surface area contributed by atoms with Gasteiger partial charge in [0.15, 0.2) is 5.96 Å². The van der Waals surface area contributed by atoms with Gasteiger partial charge in [0.1, 0.15) is 0 Å². The first-order chi connectivity index (χ1) is 10.8. The Labute approximate surface area is 132 Å². The van der Waals surface area contributed by atoms with Crippen molar-refractivity contribution in [2.75, 3.05) is 6.54 Å². The van der Waals surface area contributed by atoms with E-state index in [0.717, 1.165) is 31.0 Å². The summed E-state index contributed by atoms with van der Waals surface area (Å²) in [6, 6.07) is 3.19. The third-order valence-corrected chi connectivity index (χ3v) is 4.45. The van der Waals surface area contributed by atoms with Crippen LogP contribution < -0.4 is 10.6 Å².